The lowest BCUT2D eigenvalue weighted by Crippen LogP contribution is -2.52. The Kier molecular flexibility index (Phi) is 26.2. The molecule has 8 fully saturated rings. The Morgan fingerprint density at radius 1 is 0.324 bits per heavy atom. The first-order valence-corrected chi connectivity index (χ1v) is 49.1. The number of aromatic nitrogens is 16. The number of hydrogen-bond acceptors (Lipinski definition) is 25. The Labute approximate surface area is 799 Å². The maximum atomic E-state index is 7.45. The molecule has 0 bridgehead atoms. The summed E-state index contributed by atoms with van der Waals surface area (Å²) in [6, 6.07) is 35.2. The zero-order chi connectivity index (χ0) is 92.6. The molecule has 20 heterocycles. The third-order valence-electron chi connectivity index (χ3n) is 30.0. The van der Waals surface area contributed by atoms with Gasteiger partial charge in [0.05, 0.1) is 121 Å². The molecule has 4 aromatic carbocycles. The first-order valence-electron chi connectivity index (χ1n) is 48.7. The molecule has 0 N–H and O–H groups in total. The molecule has 8 saturated heterocycles. The standard InChI is InChI=1S/C27H33N7O.C26H30ClN7.C26H28N8.C26H31N7/c1-19-14-25-23(15-26(19)35-3)22(4-7-28-25)24-17-30-34-18-21(16-29-27(24)34)32-8-5-20(6-9-32)33-12-10-31(2)11-13-33;1-18-13-25-22(14-24(18)27)21(3-6-28-25)23-16-30-34-17-20(15-29-26(23)34)32-7-4-19(5-8-32)33-11-9-31(2)10-12-33;1-27-25-15-22(21-5-3-4-6-24(21)30-25)23-17-29-34-18-20(16-28-26(23)34)32-9-7-19(8-10-32)33-13-11-31(2)12-14-33;1-19-15-23(22-5-3-4-6-25(22)29-19)24-17-28-33-18-21(16-27-26(24)33)31-9-7-20(8-10-31)32-13-11-30(2)12-14-32/h4,7,14-18,20H,5-6,8-13H2,1-3H3;3,6,13-17,19H,4-5,7-12H2,1-2H3;3-6,15-19H,7-14H2,2H3;3-6,15-18,20H,7-14H2,1-2H3. The van der Waals surface area contributed by atoms with Gasteiger partial charge in [-0.2, -0.15) is 20.4 Å². The average Bonchev–Trinajstić information content (AvgIpc) is 1.68. The second kappa shape index (κ2) is 39.6. The number of piperazine rings is 4. The van der Waals surface area contributed by atoms with Crippen molar-refractivity contribution in [1.29, 1.82) is 0 Å². The Morgan fingerprint density at radius 3 is 1.00 bits per heavy atom. The van der Waals surface area contributed by atoms with Gasteiger partial charge in [0.1, 0.15) is 5.75 Å². The van der Waals surface area contributed by atoms with Gasteiger partial charge >= 0.3 is 0 Å². The van der Waals surface area contributed by atoms with Gasteiger partial charge in [0, 0.05) is 248 Å². The number of anilines is 4. The molecule has 0 atom stereocenters. The Bertz CT molecular complexity index is 7000. The highest BCUT2D eigenvalue weighted by Gasteiger charge is 2.34. The van der Waals surface area contributed by atoms with Crippen molar-refractivity contribution in [2.75, 3.05) is 212 Å². The SMILES string of the molecule is COc1cc2c(-c3cnn4cc(N5CCC(N6CCN(C)CC6)CC5)cnc34)ccnc2cc1C.Cc1cc(-c2cnn3cc(N4CCC(N5CCN(C)CC5)CC4)cnc23)c2ccccc2n1.Cc1cc2nccc(-c3cnn4cc(N5CCC(N6CCN(C)CC6)CC5)cnc34)c2cc1Cl.[C-]#[N+]c1cc(-c2cnn3cc(N4CCC(N5CCN(C)CC5)CC4)cnc23)c2ccccc2n1. The van der Waals surface area contributed by atoms with Crippen LogP contribution < -0.4 is 24.3 Å². The summed E-state index contributed by atoms with van der Waals surface area (Å²) >= 11 is 6.44. The molecule has 12 aromatic heterocycles. The van der Waals surface area contributed by atoms with Crippen LogP contribution in [0.25, 0.3) is 116 Å². The van der Waals surface area contributed by atoms with Gasteiger partial charge in [-0.1, -0.05) is 54.6 Å². The number of hydrogen-bond donors (Lipinski definition) is 0. The summed E-state index contributed by atoms with van der Waals surface area (Å²) in [5.74, 6) is 1.24. The van der Waals surface area contributed by atoms with Crippen LogP contribution in [0.4, 0.5) is 28.6 Å². The largest absolute Gasteiger partial charge is 0.496 e. The molecule has 30 nitrogen and oxygen atoms in total. The number of para-hydroxylation sites is 2. The highest BCUT2D eigenvalue weighted by molar-refractivity contribution is 6.32. The van der Waals surface area contributed by atoms with Crippen LogP contribution in [0.5, 0.6) is 5.75 Å². The van der Waals surface area contributed by atoms with E-state index in [9.17, 15) is 0 Å². The second-order valence-electron chi connectivity index (χ2n) is 38.4. The summed E-state index contributed by atoms with van der Waals surface area (Å²) in [5, 5.41) is 23.6. The fourth-order valence-electron chi connectivity index (χ4n) is 21.8. The maximum Gasteiger partial charge on any atom is 0.270 e. The summed E-state index contributed by atoms with van der Waals surface area (Å²) in [4.78, 5) is 71.5. The molecule has 31 heteroatoms. The highest BCUT2D eigenvalue weighted by Crippen LogP contribution is 2.41. The Hall–Kier alpha value is -12.5. The molecule has 16 aromatic rings. The van der Waals surface area contributed by atoms with Crippen molar-refractivity contribution in [3.63, 3.8) is 0 Å². The summed E-state index contributed by atoms with van der Waals surface area (Å²) < 4.78 is 13.2. The molecule has 700 valence electrons. The quantitative estimate of drug-likeness (QED) is 0.0978. The second-order valence-corrected chi connectivity index (χ2v) is 38.9. The van der Waals surface area contributed by atoms with Crippen molar-refractivity contribution in [3.8, 4) is 50.3 Å². The lowest BCUT2D eigenvalue weighted by molar-refractivity contribution is 0.0982. The molecule has 0 radical (unpaired) electrons. The van der Waals surface area contributed by atoms with Crippen molar-refractivity contribution in [3.05, 3.63) is 217 Å². The van der Waals surface area contributed by atoms with E-state index < -0.39 is 0 Å². The molecule has 24 rings (SSSR count). The number of methoxy groups -OCH3 is 1. The summed E-state index contributed by atoms with van der Waals surface area (Å²) in [6.07, 6.45) is 37.4. The fraction of sp³-hybridized carbons (Fsp3) is 0.419. The monoisotopic (exact) mass is 1840 g/mol. The Balaban J connectivity index is 0.000000108. The van der Waals surface area contributed by atoms with Crippen LogP contribution in [0.2, 0.25) is 5.02 Å². The topological polar surface area (TPSA) is 225 Å². The van der Waals surface area contributed by atoms with Crippen LogP contribution in [0.3, 0.4) is 0 Å². The number of halogens is 1. The van der Waals surface area contributed by atoms with Gasteiger partial charge in [0.15, 0.2) is 28.1 Å². The molecule has 0 saturated carbocycles. The number of rotatable bonds is 13. The molecule has 0 unspecified atom stereocenters. The van der Waals surface area contributed by atoms with Gasteiger partial charge in [0.2, 0.25) is 0 Å². The zero-order valence-electron chi connectivity index (χ0n) is 79.5. The van der Waals surface area contributed by atoms with Crippen LogP contribution in [-0.4, -0.2) is 334 Å². The lowest BCUT2D eigenvalue weighted by Gasteiger charge is -2.42. The predicted octanol–water partition coefficient (Wildman–Crippen LogP) is 14.8. The van der Waals surface area contributed by atoms with Crippen LogP contribution in [0, 0.1) is 27.3 Å². The number of nitrogens with zero attached hydrogens (tertiary/aromatic N) is 29. The van der Waals surface area contributed by atoms with Crippen LogP contribution in [0.1, 0.15) is 68.2 Å². The Morgan fingerprint density at radius 2 is 0.647 bits per heavy atom. The van der Waals surface area contributed by atoms with Gasteiger partial charge in [-0.15, -0.1) is 4.98 Å². The average molecular weight is 1840 g/mol. The number of fused-ring (bicyclic) bond motifs is 8. The minimum absolute atomic E-state index is 0.382. The fourth-order valence-corrected chi connectivity index (χ4v) is 22.0. The first kappa shape index (κ1) is 90.0. The van der Waals surface area contributed by atoms with Crippen molar-refractivity contribution < 1.29 is 4.74 Å². The minimum atomic E-state index is 0.382. The predicted molar refractivity (Wildman–Crippen MR) is 544 cm³/mol. The van der Waals surface area contributed by atoms with Crippen molar-refractivity contribution in [2.24, 2.45) is 0 Å². The van der Waals surface area contributed by atoms with Crippen LogP contribution >= 0.6 is 11.6 Å². The minimum Gasteiger partial charge on any atom is -0.496 e. The molecular weight excluding hydrogens is 1720 g/mol. The van der Waals surface area contributed by atoms with Gasteiger partial charge in [0.25, 0.3) is 5.82 Å². The number of ether oxygens (including phenoxy) is 1. The third-order valence-corrected chi connectivity index (χ3v) is 30.4. The summed E-state index contributed by atoms with van der Waals surface area (Å²) in [7, 11) is 10.6. The molecular formula is C105H122ClN29O. The number of pyridine rings is 4. The van der Waals surface area contributed by atoms with E-state index in [1.807, 2.05) is 161 Å². The van der Waals surface area contributed by atoms with Gasteiger partial charge < -0.3 is 48.8 Å². The molecule has 0 amide bonds. The molecule has 136 heavy (non-hydrogen) atoms. The molecule has 0 spiro atoms. The van der Waals surface area contributed by atoms with Crippen LogP contribution in [-0.2, 0) is 0 Å². The maximum absolute atomic E-state index is 7.45. The zero-order valence-corrected chi connectivity index (χ0v) is 80.3. The van der Waals surface area contributed by atoms with Crippen molar-refractivity contribution >= 4 is 106 Å². The number of benzene rings is 4. The summed E-state index contributed by atoms with van der Waals surface area (Å²) in [6.45, 7) is 41.0. The third kappa shape index (κ3) is 18.9. The lowest BCUT2D eigenvalue weighted by atomic mass is 10.0. The number of aryl methyl sites for hydroxylation is 3. The van der Waals surface area contributed by atoms with Gasteiger partial charge in [-0.25, -0.2) is 38.0 Å². The van der Waals surface area contributed by atoms with E-state index in [0.717, 1.165) is 213 Å². The first-order chi connectivity index (χ1) is 66.5. The van der Waals surface area contributed by atoms with Gasteiger partial charge in [-0.3, -0.25) is 34.6 Å². The molecule has 8 aliphatic heterocycles. The summed E-state index contributed by atoms with van der Waals surface area (Å²) in [5.41, 5.74) is 22.9. The van der Waals surface area contributed by atoms with E-state index in [2.05, 4.69) is 193 Å². The van der Waals surface area contributed by atoms with E-state index >= 15 is 0 Å². The molecule has 0 aliphatic carbocycles. The highest BCUT2D eigenvalue weighted by atomic mass is 35.5. The number of likely N-dealkylation sites (N-methyl/N-ethyl adjacent to an activating group) is 4. The van der Waals surface area contributed by atoms with E-state index in [1.165, 1.54) is 156 Å². The smallest absolute Gasteiger partial charge is 0.270 e. The molecule has 8 aliphatic rings. The van der Waals surface area contributed by atoms with E-state index in [1.54, 1.807) is 7.11 Å². The van der Waals surface area contributed by atoms with Crippen molar-refractivity contribution in [1.82, 2.24) is 118 Å². The van der Waals surface area contributed by atoms with E-state index in [4.69, 9.17) is 42.8 Å². The van der Waals surface area contributed by atoms with Gasteiger partial charge in [-0.05, 0) is 194 Å². The van der Waals surface area contributed by atoms with E-state index in [0.29, 0.717) is 30.0 Å². The number of piperidine rings is 4. The van der Waals surface area contributed by atoms with Crippen molar-refractivity contribution in [2.45, 2.75) is 96.3 Å². The van der Waals surface area contributed by atoms with Crippen LogP contribution in [0.15, 0.2) is 184 Å². The van der Waals surface area contributed by atoms with E-state index in [-0.39, 0.29) is 0 Å². The normalized spacial score (nSPS) is 18.7.